The minimum absolute atomic E-state index is 0.157. The second-order valence-electron chi connectivity index (χ2n) is 5.93. The van der Waals surface area contributed by atoms with Gasteiger partial charge in [0.2, 0.25) is 0 Å². The summed E-state index contributed by atoms with van der Waals surface area (Å²) in [7, 11) is 0. The summed E-state index contributed by atoms with van der Waals surface area (Å²) in [5, 5.41) is 3.61. The van der Waals surface area contributed by atoms with Gasteiger partial charge in [0.25, 0.3) is 5.91 Å². The van der Waals surface area contributed by atoms with Crippen LogP contribution in [-0.4, -0.2) is 22.0 Å². The van der Waals surface area contributed by atoms with Crippen molar-refractivity contribution in [3.63, 3.8) is 0 Å². The summed E-state index contributed by atoms with van der Waals surface area (Å²) in [6, 6.07) is 12.9. The van der Waals surface area contributed by atoms with Crippen LogP contribution in [0.5, 0.6) is 5.75 Å². The standard InChI is InChI=1S/C18H16ClN3O2/c1-10(17-21-13-4-2-3-5-14(13)22-17)20-18(23)16-9-11-8-12(19)6-7-15(11)24-16/h2-8,10,16H,9H2,1H3,(H,20,23)(H,21,22)/t10-,16+/m0/s1. The first-order valence-electron chi connectivity index (χ1n) is 7.80. The first-order valence-corrected chi connectivity index (χ1v) is 8.18. The van der Waals surface area contributed by atoms with E-state index >= 15 is 0 Å². The van der Waals surface area contributed by atoms with Gasteiger partial charge in [-0.15, -0.1) is 0 Å². The first kappa shape index (κ1) is 15.0. The normalized spacial score (nSPS) is 17.3. The van der Waals surface area contributed by atoms with Gasteiger partial charge in [-0.3, -0.25) is 4.79 Å². The zero-order valence-corrected chi connectivity index (χ0v) is 13.8. The average molecular weight is 342 g/mol. The number of nitrogens with one attached hydrogen (secondary N) is 2. The molecule has 0 radical (unpaired) electrons. The number of amides is 1. The van der Waals surface area contributed by atoms with Gasteiger partial charge in [0.15, 0.2) is 6.10 Å². The molecule has 0 bridgehead atoms. The smallest absolute Gasteiger partial charge is 0.262 e. The molecule has 4 rings (SSSR count). The van der Waals surface area contributed by atoms with Gasteiger partial charge in [0, 0.05) is 11.4 Å². The number of hydrogen-bond acceptors (Lipinski definition) is 3. The van der Waals surface area contributed by atoms with Gasteiger partial charge in [0.05, 0.1) is 17.1 Å². The minimum Gasteiger partial charge on any atom is -0.480 e. The summed E-state index contributed by atoms with van der Waals surface area (Å²) in [5.41, 5.74) is 2.79. The number of carbonyl (C=O) groups excluding carboxylic acids is 1. The molecule has 122 valence electrons. The van der Waals surface area contributed by atoms with Crippen molar-refractivity contribution in [2.75, 3.05) is 0 Å². The predicted octanol–water partition coefficient (Wildman–Crippen LogP) is 3.40. The molecule has 3 aromatic rings. The van der Waals surface area contributed by atoms with E-state index in [1.165, 1.54) is 0 Å². The van der Waals surface area contributed by atoms with Crippen LogP contribution in [-0.2, 0) is 11.2 Å². The average Bonchev–Trinajstić information content (AvgIpc) is 3.18. The summed E-state index contributed by atoms with van der Waals surface area (Å²) in [5.74, 6) is 1.29. The van der Waals surface area contributed by atoms with E-state index in [1.54, 1.807) is 12.1 Å². The van der Waals surface area contributed by atoms with Gasteiger partial charge in [-0.05, 0) is 42.8 Å². The fourth-order valence-electron chi connectivity index (χ4n) is 2.92. The second-order valence-corrected chi connectivity index (χ2v) is 6.37. The van der Waals surface area contributed by atoms with E-state index in [0.717, 1.165) is 28.2 Å². The summed E-state index contributed by atoms with van der Waals surface area (Å²) in [6.07, 6.45) is -0.0144. The number of hydrogen-bond donors (Lipinski definition) is 2. The number of ether oxygens (including phenoxy) is 1. The molecule has 0 aliphatic carbocycles. The number of halogens is 1. The maximum atomic E-state index is 12.5. The van der Waals surface area contributed by atoms with Crippen LogP contribution in [0.3, 0.4) is 0 Å². The van der Waals surface area contributed by atoms with Crippen LogP contribution in [0.25, 0.3) is 11.0 Å². The van der Waals surface area contributed by atoms with E-state index in [9.17, 15) is 4.79 Å². The number of H-pyrrole nitrogens is 1. The number of benzene rings is 2. The monoisotopic (exact) mass is 341 g/mol. The van der Waals surface area contributed by atoms with E-state index < -0.39 is 6.10 Å². The molecule has 2 aromatic carbocycles. The van der Waals surface area contributed by atoms with E-state index in [4.69, 9.17) is 16.3 Å². The van der Waals surface area contributed by atoms with Crippen molar-refractivity contribution in [2.24, 2.45) is 0 Å². The number of rotatable bonds is 3. The highest BCUT2D eigenvalue weighted by molar-refractivity contribution is 6.30. The first-order chi connectivity index (χ1) is 11.6. The van der Waals surface area contributed by atoms with Crippen molar-refractivity contribution in [1.29, 1.82) is 0 Å². The van der Waals surface area contributed by atoms with Gasteiger partial charge in [0.1, 0.15) is 11.6 Å². The van der Waals surface area contributed by atoms with Crippen LogP contribution in [0.4, 0.5) is 0 Å². The van der Waals surface area contributed by atoms with Crippen molar-refractivity contribution < 1.29 is 9.53 Å². The molecule has 0 unspecified atom stereocenters. The molecule has 0 spiro atoms. The highest BCUT2D eigenvalue weighted by atomic mass is 35.5. The van der Waals surface area contributed by atoms with Crippen LogP contribution in [0, 0.1) is 0 Å². The largest absolute Gasteiger partial charge is 0.480 e. The van der Waals surface area contributed by atoms with Crippen molar-refractivity contribution in [2.45, 2.75) is 25.5 Å². The molecule has 0 saturated carbocycles. The zero-order chi connectivity index (χ0) is 16.7. The number of nitrogens with zero attached hydrogens (tertiary/aromatic N) is 1. The Kier molecular flexibility index (Phi) is 3.65. The lowest BCUT2D eigenvalue weighted by Gasteiger charge is -2.15. The third-order valence-corrected chi connectivity index (χ3v) is 4.40. The maximum Gasteiger partial charge on any atom is 0.262 e. The lowest BCUT2D eigenvalue weighted by atomic mass is 10.1. The Morgan fingerprint density at radius 2 is 2.21 bits per heavy atom. The third-order valence-electron chi connectivity index (χ3n) is 4.17. The number of aromatic nitrogens is 2. The highest BCUT2D eigenvalue weighted by Gasteiger charge is 2.30. The van der Waals surface area contributed by atoms with Crippen LogP contribution < -0.4 is 10.1 Å². The predicted molar refractivity (Wildman–Crippen MR) is 92.2 cm³/mol. The van der Waals surface area contributed by atoms with E-state index in [2.05, 4.69) is 15.3 Å². The second kappa shape index (κ2) is 5.83. The van der Waals surface area contributed by atoms with E-state index in [-0.39, 0.29) is 11.9 Å². The molecule has 1 amide bonds. The fourth-order valence-corrected chi connectivity index (χ4v) is 3.11. The Hall–Kier alpha value is -2.53. The quantitative estimate of drug-likeness (QED) is 0.767. The molecular formula is C18H16ClN3O2. The van der Waals surface area contributed by atoms with Gasteiger partial charge in [-0.2, -0.15) is 0 Å². The molecule has 2 N–H and O–H groups in total. The number of aromatic amines is 1. The molecular weight excluding hydrogens is 326 g/mol. The van der Waals surface area contributed by atoms with Gasteiger partial charge in [-0.1, -0.05) is 23.7 Å². The fraction of sp³-hybridized carbons (Fsp3) is 0.222. The number of fused-ring (bicyclic) bond motifs is 2. The SMILES string of the molecule is C[C@H](NC(=O)[C@H]1Cc2cc(Cl)ccc2O1)c1nc2ccccc2[nH]1. The van der Waals surface area contributed by atoms with Crippen LogP contribution in [0.1, 0.15) is 24.4 Å². The van der Waals surface area contributed by atoms with Gasteiger partial charge >= 0.3 is 0 Å². The Labute approximate surface area is 144 Å². The summed E-state index contributed by atoms with van der Waals surface area (Å²) < 4.78 is 5.72. The molecule has 24 heavy (non-hydrogen) atoms. The molecule has 0 saturated heterocycles. The lowest BCUT2D eigenvalue weighted by molar-refractivity contribution is -0.127. The molecule has 1 aliphatic heterocycles. The molecule has 0 fully saturated rings. The molecule has 6 heteroatoms. The molecule has 2 heterocycles. The third kappa shape index (κ3) is 2.71. The van der Waals surface area contributed by atoms with Crippen molar-refractivity contribution in [3.8, 4) is 5.75 Å². The van der Waals surface area contributed by atoms with Crippen LogP contribution >= 0.6 is 11.6 Å². The molecule has 5 nitrogen and oxygen atoms in total. The topological polar surface area (TPSA) is 67.0 Å². The van der Waals surface area contributed by atoms with Crippen LogP contribution in [0.15, 0.2) is 42.5 Å². The Morgan fingerprint density at radius 3 is 3.04 bits per heavy atom. The zero-order valence-electron chi connectivity index (χ0n) is 13.0. The Bertz CT molecular complexity index is 889. The molecule has 1 aromatic heterocycles. The van der Waals surface area contributed by atoms with Crippen molar-refractivity contribution >= 4 is 28.5 Å². The summed E-state index contributed by atoms with van der Waals surface area (Å²) in [4.78, 5) is 20.2. The minimum atomic E-state index is -0.537. The Balaban J connectivity index is 1.46. The number of para-hydroxylation sites is 2. The van der Waals surface area contributed by atoms with E-state index in [0.29, 0.717) is 11.4 Å². The van der Waals surface area contributed by atoms with Crippen molar-refractivity contribution in [3.05, 3.63) is 58.9 Å². The van der Waals surface area contributed by atoms with Crippen LogP contribution in [0.2, 0.25) is 5.02 Å². The van der Waals surface area contributed by atoms with Gasteiger partial charge in [-0.25, -0.2) is 4.98 Å². The van der Waals surface area contributed by atoms with E-state index in [1.807, 2.05) is 37.3 Å². The summed E-state index contributed by atoms with van der Waals surface area (Å²) in [6.45, 7) is 1.90. The van der Waals surface area contributed by atoms with Crippen molar-refractivity contribution in [1.82, 2.24) is 15.3 Å². The van der Waals surface area contributed by atoms with Gasteiger partial charge < -0.3 is 15.0 Å². The molecule has 1 aliphatic rings. The molecule has 2 atom stereocenters. The lowest BCUT2D eigenvalue weighted by Crippen LogP contribution is -2.39. The Morgan fingerprint density at radius 1 is 1.38 bits per heavy atom. The highest BCUT2D eigenvalue weighted by Crippen LogP contribution is 2.31. The summed E-state index contributed by atoms with van der Waals surface area (Å²) >= 11 is 5.99. The maximum absolute atomic E-state index is 12.5. The number of carbonyl (C=O) groups is 1. The number of imidazole rings is 1.